The molecule has 2 aromatic rings. The Labute approximate surface area is 109 Å². The summed E-state index contributed by atoms with van der Waals surface area (Å²) < 4.78 is 0. The number of hydrogen-bond acceptors (Lipinski definition) is 4. The van der Waals surface area contributed by atoms with Crippen molar-refractivity contribution < 1.29 is 20.1 Å². The fourth-order valence-corrected chi connectivity index (χ4v) is 2.59. The van der Waals surface area contributed by atoms with E-state index in [1.807, 2.05) is 0 Å². The van der Waals surface area contributed by atoms with Crippen LogP contribution in [0.25, 0.3) is 0 Å². The van der Waals surface area contributed by atoms with E-state index in [0.717, 1.165) is 0 Å². The summed E-state index contributed by atoms with van der Waals surface area (Å²) >= 11 is 0. The quantitative estimate of drug-likeness (QED) is 0.539. The molecule has 0 spiro atoms. The summed E-state index contributed by atoms with van der Waals surface area (Å²) in [7, 11) is 0. The summed E-state index contributed by atoms with van der Waals surface area (Å²) in [5.41, 5.74) is 1.87. The fraction of sp³-hybridized carbons (Fsp3) is 0.133. The normalized spacial score (nSPS) is 13.0. The molecule has 0 fully saturated rings. The van der Waals surface area contributed by atoms with E-state index in [9.17, 15) is 20.1 Å². The van der Waals surface area contributed by atoms with Crippen LogP contribution in [0.1, 0.15) is 32.6 Å². The van der Waals surface area contributed by atoms with E-state index in [-0.39, 0.29) is 28.4 Å². The van der Waals surface area contributed by atoms with E-state index in [0.29, 0.717) is 23.1 Å². The Hall–Kier alpha value is -2.49. The number of phenolic OH excluding ortho intramolecular Hbond substituents is 3. The minimum atomic E-state index is -0.456. The Morgan fingerprint density at radius 3 is 2.53 bits per heavy atom. The molecule has 3 N–H and O–H groups in total. The van der Waals surface area contributed by atoms with Crippen LogP contribution in [0.5, 0.6) is 17.2 Å². The van der Waals surface area contributed by atoms with Gasteiger partial charge in [0.2, 0.25) is 5.78 Å². The van der Waals surface area contributed by atoms with Gasteiger partial charge in [0.25, 0.3) is 0 Å². The van der Waals surface area contributed by atoms with E-state index in [2.05, 4.69) is 0 Å². The van der Waals surface area contributed by atoms with Crippen molar-refractivity contribution >= 4 is 5.78 Å². The maximum atomic E-state index is 12.4. The Morgan fingerprint density at radius 2 is 1.79 bits per heavy atom. The molecule has 3 rings (SSSR count). The molecule has 1 aliphatic rings. The molecular weight excluding hydrogens is 244 g/mol. The lowest BCUT2D eigenvalue weighted by Crippen LogP contribution is -2.16. The number of aromatic hydroxyl groups is 3. The first-order valence-corrected chi connectivity index (χ1v) is 5.90. The van der Waals surface area contributed by atoms with Crippen molar-refractivity contribution in [3.8, 4) is 17.2 Å². The van der Waals surface area contributed by atoms with Crippen molar-refractivity contribution in [1.29, 1.82) is 0 Å². The molecule has 1 aliphatic carbocycles. The topological polar surface area (TPSA) is 77.8 Å². The number of benzene rings is 2. The van der Waals surface area contributed by atoms with Crippen molar-refractivity contribution in [3.63, 3.8) is 0 Å². The van der Waals surface area contributed by atoms with Gasteiger partial charge in [-0.3, -0.25) is 4.79 Å². The van der Waals surface area contributed by atoms with Gasteiger partial charge in [-0.1, -0.05) is 12.1 Å². The van der Waals surface area contributed by atoms with Crippen LogP contribution in [0.15, 0.2) is 24.3 Å². The number of ketones is 1. The van der Waals surface area contributed by atoms with Crippen LogP contribution in [0, 0.1) is 6.92 Å². The van der Waals surface area contributed by atoms with Gasteiger partial charge in [0.15, 0.2) is 0 Å². The zero-order valence-electron chi connectivity index (χ0n) is 10.3. The van der Waals surface area contributed by atoms with Crippen LogP contribution in [0.3, 0.4) is 0 Å². The summed E-state index contributed by atoms with van der Waals surface area (Å²) in [6.07, 6.45) is 0.311. The number of fused-ring (bicyclic) bond motifs is 2. The summed E-state index contributed by atoms with van der Waals surface area (Å²) in [5.74, 6) is -0.700. The molecular formula is C15H12O4. The highest BCUT2D eigenvalue weighted by Crippen LogP contribution is 2.41. The lowest BCUT2D eigenvalue weighted by atomic mass is 9.82. The van der Waals surface area contributed by atoms with Gasteiger partial charge in [-0.15, -0.1) is 0 Å². The highest BCUT2D eigenvalue weighted by Gasteiger charge is 2.31. The van der Waals surface area contributed by atoms with Gasteiger partial charge in [0.1, 0.15) is 17.2 Å². The van der Waals surface area contributed by atoms with Crippen LogP contribution in [0.4, 0.5) is 0 Å². The molecule has 0 bridgehead atoms. The van der Waals surface area contributed by atoms with E-state index < -0.39 is 5.78 Å². The smallest absolute Gasteiger partial charge is 0.201 e. The fourth-order valence-electron chi connectivity index (χ4n) is 2.59. The van der Waals surface area contributed by atoms with E-state index >= 15 is 0 Å². The number of phenols is 3. The predicted molar refractivity (Wildman–Crippen MR) is 68.9 cm³/mol. The zero-order chi connectivity index (χ0) is 13.7. The predicted octanol–water partition coefficient (Wildman–Crippen LogP) is 2.25. The van der Waals surface area contributed by atoms with E-state index in [4.69, 9.17) is 0 Å². The van der Waals surface area contributed by atoms with Crippen LogP contribution in [-0.4, -0.2) is 21.1 Å². The van der Waals surface area contributed by atoms with Crippen molar-refractivity contribution in [3.05, 3.63) is 52.1 Å². The Kier molecular flexibility index (Phi) is 2.29. The van der Waals surface area contributed by atoms with Gasteiger partial charge < -0.3 is 15.3 Å². The Balaban J connectivity index is 2.34. The number of carbonyl (C=O) groups excluding carboxylic acids is 1. The third-order valence-corrected chi connectivity index (χ3v) is 3.52. The summed E-state index contributed by atoms with van der Waals surface area (Å²) in [6.45, 7) is 1.66. The first-order chi connectivity index (χ1) is 9.00. The second kappa shape index (κ2) is 3.75. The second-order valence-corrected chi connectivity index (χ2v) is 4.73. The molecule has 19 heavy (non-hydrogen) atoms. The molecule has 2 aromatic carbocycles. The molecule has 0 aromatic heterocycles. The van der Waals surface area contributed by atoms with Crippen molar-refractivity contribution in [2.75, 3.05) is 0 Å². The first kappa shape index (κ1) is 11.6. The standard InChI is InChI=1S/C15H12O4/c1-7-5-11(17)13-9(14(7)18)6-8-3-2-4-10(16)12(8)15(13)19/h2-5,16-18H,6H2,1H3. The molecule has 4 heteroatoms. The lowest BCUT2D eigenvalue weighted by molar-refractivity contribution is 0.102. The number of hydrogen-bond donors (Lipinski definition) is 3. The van der Waals surface area contributed by atoms with Gasteiger partial charge in [-0.05, 0) is 30.2 Å². The number of rotatable bonds is 0. The van der Waals surface area contributed by atoms with Gasteiger partial charge in [0.05, 0.1) is 11.1 Å². The minimum Gasteiger partial charge on any atom is -0.507 e. The van der Waals surface area contributed by atoms with Crippen LogP contribution in [-0.2, 0) is 6.42 Å². The van der Waals surface area contributed by atoms with Crippen LogP contribution >= 0.6 is 0 Å². The van der Waals surface area contributed by atoms with Gasteiger partial charge in [-0.2, -0.15) is 0 Å². The molecule has 0 unspecified atom stereocenters. The average molecular weight is 256 g/mol. The SMILES string of the molecule is Cc1cc(O)c2c(c1O)Cc1cccc(O)c1C2=O. The third kappa shape index (κ3) is 1.50. The summed E-state index contributed by atoms with van der Waals surface area (Å²) in [5, 5.41) is 29.8. The maximum absolute atomic E-state index is 12.4. The van der Waals surface area contributed by atoms with Gasteiger partial charge in [-0.25, -0.2) is 0 Å². The molecule has 0 atom stereocenters. The maximum Gasteiger partial charge on any atom is 0.201 e. The van der Waals surface area contributed by atoms with E-state index in [1.54, 1.807) is 19.1 Å². The Bertz CT molecular complexity index is 717. The highest BCUT2D eigenvalue weighted by molar-refractivity contribution is 6.15. The molecule has 0 saturated heterocycles. The largest absolute Gasteiger partial charge is 0.507 e. The lowest BCUT2D eigenvalue weighted by Gasteiger charge is -2.22. The monoisotopic (exact) mass is 256 g/mol. The third-order valence-electron chi connectivity index (χ3n) is 3.52. The summed E-state index contributed by atoms with van der Waals surface area (Å²) in [4.78, 5) is 12.4. The van der Waals surface area contributed by atoms with Crippen molar-refractivity contribution in [2.24, 2.45) is 0 Å². The molecule has 0 saturated carbocycles. The molecule has 0 heterocycles. The highest BCUT2D eigenvalue weighted by atomic mass is 16.3. The van der Waals surface area contributed by atoms with Crippen molar-refractivity contribution in [2.45, 2.75) is 13.3 Å². The van der Waals surface area contributed by atoms with Crippen LogP contribution in [0.2, 0.25) is 0 Å². The number of carbonyl (C=O) groups is 1. The number of aryl methyl sites for hydroxylation is 1. The summed E-state index contributed by atoms with van der Waals surface area (Å²) in [6, 6.07) is 6.18. The van der Waals surface area contributed by atoms with Crippen molar-refractivity contribution in [1.82, 2.24) is 0 Å². The molecule has 0 aliphatic heterocycles. The van der Waals surface area contributed by atoms with E-state index in [1.165, 1.54) is 12.1 Å². The second-order valence-electron chi connectivity index (χ2n) is 4.73. The average Bonchev–Trinajstić information content (AvgIpc) is 2.35. The van der Waals surface area contributed by atoms with Crippen LogP contribution < -0.4 is 0 Å². The zero-order valence-corrected chi connectivity index (χ0v) is 10.3. The first-order valence-electron chi connectivity index (χ1n) is 5.90. The Morgan fingerprint density at radius 1 is 1.05 bits per heavy atom. The molecule has 0 amide bonds. The molecule has 4 nitrogen and oxygen atoms in total. The minimum absolute atomic E-state index is 0.0233. The molecule has 96 valence electrons. The molecule has 0 radical (unpaired) electrons. The van der Waals surface area contributed by atoms with Gasteiger partial charge >= 0.3 is 0 Å². The van der Waals surface area contributed by atoms with Gasteiger partial charge in [0, 0.05) is 12.0 Å².